The fraction of sp³-hybridized carbons (Fsp3) is 0.556. The standard InChI is InChI=1S/C27H34BrN3O2/c1-27(2,3)33-26(32)31-16-20-7-4-10-23(28)22(20)15-21(31)17-30-14-6-9-19-12-11-18-8-5-13-29-24(18)25(19)30/h4-5,7-8,10,13,19,21,25H,6,9,11-12,14-17H2,1-3H3/t19-,21+,25-/m0/s1. The lowest BCUT2D eigenvalue weighted by molar-refractivity contribution is -0.00238. The van der Waals surface area contributed by atoms with Crippen LogP contribution in [0.4, 0.5) is 4.79 Å². The highest BCUT2D eigenvalue weighted by Gasteiger charge is 2.41. The predicted molar refractivity (Wildman–Crippen MR) is 133 cm³/mol. The summed E-state index contributed by atoms with van der Waals surface area (Å²) < 4.78 is 6.98. The first-order valence-corrected chi connectivity index (χ1v) is 13.0. The maximum absolute atomic E-state index is 13.3. The zero-order valence-electron chi connectivity index (χ0n) is 19.9. The van der Waals surface area contributed by atoms with Crippen molar-refractivity contribution in [1.82, 2.24) is 14.8 Å². The molecule has 176 valence electrons. The van der Waals surface area contributed by atoms with Crippen LogP contribution in [0.3, 0.4) is 0 Å². The average molecular weight is 512 g/mol. The van der Waals surface area contributed by atoms with Gasteiger partial charge in [-0.25, -0.2) is 4.79 Å². The number of hydrogen-bond donors (Lipinski definition) is 0. The summed E-state index contributed by atoms with van der Waals surface area (Å²) in [4.78, 5) is 22.7. The minimum Gasteiger partial charge on any atom is -0.444 e. The van der Waals surface area contributed by atoms with Crippen LogP contribution in [0.2, 0.25) is 0 Å². The van der Waals surface area contributed by atoms with Crippen molar-refractivity contribution in [3.05, 3.63) is 63.4 Å². The lowest BCUT2D eigenvalue weighted by atomic mass is 9.76. The molecule has 2 aromatic rings. The van der Waals surface area contributed by atoms with Gasteiger partial charge in [0, 0.05) is 23.8 Å². The molecule has 0 bridgehead atoms. The monoisotopic (exact) mass is 511 g/mol. The summed E-state index contributed by atoms with van der Waals surface area (Å²) in [6.45, 7) is 8.30. The lowest BCUT2D eigenvalue weighted by Gasteiger charge is -2.47. The third-order valence-corrected chi connectivity index (χ3v) is 8.10. The molecule has 6 heteroatoms. The van der Waals surface area contributed by atoms with E-state index in [-0.39, 0.29) is 12.1 Å². The number of carbonyl (C=O) groups excluding carboxylic acids is 1. The van der Waals surface area contributed by atoms with Crippen molar-refractivity contribution in [2.24, 2.45) is 5.92 Å². The number of hydrogen-bond acceptors (Lipinski definition) is 4. The second-order valence-electron chi connectivity index (χ2n) is 10.8. The largest absolute Gasteiger partial charge is 0.444 e. The fourth-order valence-corrected chi connectivity index (χ4v) is 6.50. The topological polar surface area (TPSA) is 45.7 Å². The SMILES string of the molecule is CC(C)(C)OC(=O)N1Cc2cccc(Br)c2C[C@@H]1CN1CCC[C@H]2CCc3cccnc3[C@H]21. The number of amides is 1. The summed E-state index contributed by atoms with van der Waals surface area (Å²) in [7, 11) is 0. The van der Waals surface area contributed by atoms with Crippen molar-refractivity contribution < 1.29 is 9.53 Å². The molecular formula is C27H34BrN3O2. The number of halogens is 1. The molecule has 0 unspecified atom stereocenters. The Hall–Kier alpha value is -1.92. The molecule has 3 aliphatic rings. The van der Waals surface area contributed by atoms with Gasteiger partial charge in [0.05, 0.1) is 17.8 Å². The summed E-state index contributed by atoms with van der Waals surface area (Å²) in [5, 5.41) is 0. The van der Waals surface area contributed by atoms with Gasteiger partial charge in [-0.05, 0) is 94.2 Å². The van der Waals surface area contributed by atoms with Crippen molar-refractivity contribution >= 4 is 22.0 Å². The Labute approximate surface area is 205 Å². The van der Waals surface area contributed by atoms with Crippen LogP contribution in [0.15, 0.2) is 41.0 Å². The summed E-state index contributed by atoms with van der Waals surface area (Å²) in [5.74, 6) is 0.652. The number of pyridine rings is 1. The summed E-state index contributed by atoms with van der Waals surface area (Å²) >= 11 is 3.76. The van der Waals surface area contributed by atoms with Gasteiger partial charge >= 0.3 is 6.09 Å². The van der Waals surface area contributed by atoms with Crippen LogP contribution in [0, 0.1) is 5.92 Å². The minimum absolute atomic E-state index is 0.0684. The van der Waals surface area contributed by atoms with Gasteiger partial charge in [0.1, 0.15) is 5.60 Å². The molecule has 5 nitrogen and oxygen atoms in total. The number of fused-ring (bicyclic) bond motifs is 4. The number of aromatic nitrogens is 1. The molecule has 3 heterocycles. The first kappa shape index (κ1) is 22.9. The van der Waals surface area contributed by atoms with Crippen LogP contribution in [-0.4, -0.2) is 45.6 Å². The maximum Gasteiger partial charge on any atom is 0.410 e. The van der Waals surface area contributed by atoms with Gasteiger partial charge in [0.15, 0.2) is 0 Å². The number of rotatable bonds is 2. The minimum atomic E-state index is -0.512. The Balaban J connectivity index is 1.45. The van der Waals surface area contributed by atoms with Crippen LogP contribution < -0.4 is 0 Å². The summed E-state index contributed by atoms with van der Waals surface area (Å²) in [6, 6.07) is 11.0. The smallest absolute Gasteiger partial charge is 0.410 e. The highest BCUT2D eigenvalue weighted by atomic mass is 79.9. The van der Waals surface area contributed by atoms with Gasteiger partial charge in [0.2, 0.25) is 0 Å². The molecule has 0 saturated carbocycles. The van der Waals surface area contributed by atoms with Gasteiger partial charge in [-0.3, -0.25) is 14.8 Å². The summed E-state index contributed by atoms with van der Waals surface area (Å²) in [5.41, 5.74) is 4.66. The van der Waals surface area contributed by atoms with E-state index in [2.05, 4.69) is 51.2 Å². The second-order valence-corrected chi connectivity index (χ2v) is 11.6. The van der Waals surface area contributed by atoms with E-state index in [0.717, 1.165) is 30.4 Å². The Morgan fingerprint density at radius 1 is 1.18 bits per heavy atom. The molecule has 5 rings (SSSR count). The molecule has 1 saturated heterocycles. The Bertz CT molecular complexity index is 1030. The summed E-state index contributed by atoms with van der Waals surface area (Å²) in [6.07, 6.45) is 7.40. The molecule has 0 N–H and O–H groups in total. The van der Waals surface area contributed by atoms with Crippen LogP contribution in [-0.2, 0) is 24.1 Å². The van der Waals surface area contributed by atoms with E-state index in [1.807, 2.05) is 31.9 Å². The molecule has 0 radical (unpaired) electrons. The van der Waals surface area contributed by atoms with E-state index in [4.69, 9.17) is 9.72 Å². The number of piperidine rings is 1. The molecule has 1 amide bonds. The first-order chi connectivity index (χ1) is 15.8. The number of ether oxygens (including phenoxy) is 1. The second kappa shape index (κ2) is 9.03. The molecule has 0 spiro atoms. The molecular weight excluding hydrogens is 478 g/mol. The molecule has 1 aromatic carbocycles. The molecule has 2 aliphatic heterocycles. The van der Waals surface area contributed by atoms with Crippen molar-refractivity contribution in [1.29, 1.82) is 0 Å². The molecule has 3 atom stereocenters. The van der Waals surface area contributed by atoms with Crippen LogP contribution in [0.5, 0.6) is 0 Å². The highest BCUT2D eigenvalue weighted by Crippen LogP contribution is 2.43. The van der Waals surface area contributed by atoms with Crippen molar-refractivity contribution in [2.45, 2.75) is 77.1 Å². The van der Waals surface area contributed by atoms with E-state index in [0.29, 0.717) is 18.5 Å². The fourth-order valence-electron chi connectivity index (χ4n) is 5.93. The third-order valence-electron chi connectivity index (χ3n) is 7.36. The van der Waals surface area contributed by atoms with Gasteiger partial charge in [-0.1, -0.05) is 34.1 Å². The number of carbonyl (C=O) groups is 1. The van der Waals surface area contributed by atoms with Crippen LogP contribution in [0.25, 0.3) is 0 Å². The van der Waals surface area contributed by atoms with E-state index in [1.54, 1.807) is 0 Å². The van der Waals surface area contributed by atoms with Gasteiger partial charge in [-0.15, -0.1) is 0 Å². The van der Waals surface area contributed by atoms with E-state index < -0.39 is 5.60 Å². The normalized spacial score (nSPS) is 25.1. The van der Waals surface area contributed by atoms with Crippen molar-refractivity contribution in [3.63, 3.8) is 0 Å². The Morgan fingerprint density at radius 3 is 2.82 bits per heavy atom. The highest BCUT2D eigenvalue weighted by molar-refractivity contribution is 9.10. The van der Waals surface area contributed by atoms with E-state index >= 15 is 0 Å². The number of nitrogens with zero attached hydrogens (tertiary/aromatic N) is 3. The van der Waals surface area contributed by atoms with Gasteiger partial charge in [0.25, 0.3) is 0 Å². The van der Waals surface area contributed by atoms with Crippen molar-refractivity contribution in [3.8, 4) is 0 Å². The van der Waals surface area contributed by atoms with Crippen LogP contribution in [0.1, 0.15) is 68.5 Å². The predicted octanol–water partition coefficient (Wildman–Crippen LogP) is 5.91. The van der Waals surface area contributed by atoms with E-state index in [9.17, 15) is 4.79 Å². The third kappa shape index (κ3) is 4.69. The van der Waals surface area contributed by atoms with Gasteiger partial charge in [-0.2, -0.15) is 0 Å². The molecule has 1 aromatic heterocycles. The average Bonchev–Trinajstić information content (AvgIpc) is 2.78. The molecule has 1 aliphatic carbocycles. The number of aryl methyl sites for hydroxylation is 1. The molecule has 33 heavy (non-hydrogen) atoms. The quantitative estimate of drug-likeness (QED) is 0.502. The van der Waals surface area contributed by atoms with Crippen LogP contribution >= 0.6 is 15.9 Å². The molecule has 1 fully saturated rings. The Morgan fingerprint density at radius 2 is 2.00 bits per heavy atom. The Kier molecular flexibility index (Phi) is 6.25. The number of likely N-dealkylation sites (tertiary alicyclic amines) is 1. The maximum atomic E-state index is 13.3. The lowest BCUT2D eigenvalue weighted by Crippen LogP contribution is -2.53. The van der Waals surface area contributed by atoms with E-state index in [1.165, 1.54) is 41.6 Å². The van der Waals surface area contributed by atoms with Crippen molar-refractivity contribution in [2.75, 3.05) is 13.1 Å². The zero-order valence-corrected chi connectivity index (χ0v) is 21.5. The number of benzene rings is 1. The first-order valence-electron chi connectivity index (χ1n) is 12.2. The zero-order chi connectivity index (χ0) is 23.2. The van der Waals surface area contributed by atoms with Gasteiger partial charge < -0.3 is 4.74 Å².